The van der Waals surface area contributed by atoms with Crippen molar-refractivity contribution in [2.45, 2.75) is 65.2 Å². The lowest BCUT2D eigenvalue weighted by atomic mass is 9.36. The molecule has 5 heteroatoms. The molecule has 0 atom stereocenters. The van der Waals surface area contributed by atoms with Crippen molar-refractivity contribution in [3.63, 3.8) is 0 Å². The van der Waals surface area contributed by atoms with Crippen LogP contribution in [-0.2, 0) is 10.8 Å². The summed E-state index contributed by atoms with van der Waals surface area (Å²) in [5.41, 5.74) is 19.3. The fourth-order valence-corrected chi connectivity index (χ4v) is 11.8. The van der Waals surface area contributed by atoms with E-state index in [0.29, 0.717) is 0 Å². The first-order chi connectivity index (χ1) is 28.6. The summed E-state index contributed by atoms with van der Waals surface area (Å²) in [6.07, 6.45) is 2.38. The highest BCUT2D eigenvalue weighted by molar-refractivity contribution is 7.33. The Morgan fingerprint density at radius 3 is 1.93 bits per heavy atom. The van der Waals surface area contributed by atoms with Gasteiger partial charge >= 0.3 is 0 Å². The van der Waals surface area contributed by atoms with E-state index in [2.05, 4.69) is 214 Å². The smallest absolute Gasteiger partial charge is 0.264 e. The van der Waals surface area contributed by atoms with Crippen molar-refractivity contribution in [2.75, 3.05) is 14.7 Å². The molecule has 7 aromatic carbocycles. The molecule has 0 bridgehead atoms. The van der Waals surface area contributed by atoms with Gasteiger partial charge in [-0.25, -0.2) is 0 Å². The molecule has 0 fully saturated rings. The minimum atomic E-state index is 0.0623. The minimum absolute atomic E-state index is 0.0623. The summed E-state index contributed by atoms with van der Waals surface area (Å²) in [5, 5.41) is 1.31. The highest BCUT2D eigenvalue weighted by Crippen LogP contribution is 2.52. The Bertz CT molecular complexity index is 2930. The normalized spacial score (nSPS) is 15.7. The van der Waals surface area contributed by atoms with Crippen LogP contribution in [0.3, 0.4) is 0 Å². The van der Waals surface area contributed by atoms with Gasteiger partial charge in [-0.05, 0) is 137 Å². The Morgan fingerprint density at radius 2 is 1.19 bits per heavy atom. The maximum Gasteiger partial charge on any atom is 0.264 e. The number of rotatable bonds is 5. The van der Waals surface area contributed by atoms with Crippen LogP contribution >= 0.6 is 11.3 Å². The summed E-state index contributed by atoms with van der Waals surface area (Å²) in [4.78, 5) is 7.59. The van der Waals surface area contributed by atoms with E-state index >= 15 is 0 Å². The fraction of sp³-hybridized carbons (Fsp3) is 0.185. The molecule has 2 aliphatic heterocycles. The van der Waals surface area contributed by atoms with Gasteiger partial charge in [0.1, 0.15) is 0 Å². The van der Waals surface area contributed by atoms with Gasteiger partial charge in [0.2, 0.25) is 0 Å². The van der Waals surface area contributed by atoms with E-state index in [4.69, 9.17) is 0 Å². The van der Waals surface area contributed by atoms with Crippen molar-refractivity contribution in [1.29, 1.82) is 0 Å². The summed E-state index contributed by atoms with van der Waals surface area (Å²) in [6, 6.07) is 59.1. The lowest BCUT2D eigenvalue weighted by Crippen LogP contribution is -2.60. The third-order valence-corrected chi connectivity index (χ3v) is 14.7. The van der Waals surface area contributed by atoms with Crippen LogP contribution in [0.15, 0.2) is 158 Å². The zero-order valence-electron chi connectivity index (χ0n) is 34.8. The number of fused-ring (bicyclic) bond motifs is 7. The van der Waals surface area contributed by atoms with Gasteiger partial charge in [0, 0.05) is 54.7 Å². The van der Waals surface area contributed by atoms with Gasteiger partial charge in [0.25, 0.3) is 6.71 Å². The Morgan fingerprint density at radius 1 is 0.542 bits per heavy atom. The third kappa shape index (κ3) is 5.47. The number of benzene rings is 7. The molecule has 3 nitrogen and oxygen atoms in total. The van der Waals surface area contributed by atoms with E-state index in [1.54, 1.807) is 0 Å². The first-order valence-electron chi connectivity index (χ1n) is 21.1. The Hall–Kier alpha value is -6.04. The van der Waals surface area contributed by atoms with Crippen molar-refractivity contribution in [2.24, 2.45) is 0 Å². The first-order valence-corrected chi connectivity index (χ1v) is 21.9. The summed E-state index contributed by atoms with van der Waals surface area (Å²) >= 11 is 1.96. The molecule has 3 heterocycles. The Balaban J connectivity index is 1.19. The molecular weight excluding hydrogens is 733 g/mol. The number of aryl methyl sites for hydroxylation is 2. The van der Waals surface area contributed by atoms with Crippen LogP contribution in [0.2, 0.25) is 0 Å². The van der Waals surface area contributed by atoms with Crippen LogP contribution in [0.25, 0.3) is 10.1 Å². The van der Waals surface area contributed by atoms with Gasteiger partial charge < -0.3 is 14.7 Å². The van der Waals surface area contributed by atoms with E-state index in [1.165, 1.54) is 95.0 Å². The number of hydrogen-bond acceptors (Lipinski definition) is 4. The molecule has 1 aromatic heterocycles. The maximum absolute atomic E-state index is 2.61. The Kier molecular flexibility index (Phi) is 8.10. The van der Waals surface area contributed by atoms with Crippen molar-refractivity contribution < 1.29 is 0 Å². The summed E-state index contributed by atoms with van der Waals surface area (Å²) < 4.78 is 2.73. The second-order valence-electron chi connectivity index (χ2n) is 18.1. The van der Waals surface area contributed by atoms with Gasteiger partial charge in [-0.3, -0.25) is 0 Å². The maximum atomic E-state index is 2.61. The predicted molar refractivity (Wildman–Crippen MR) is 255 cm³/mol. The highest BCUT2D eigenvalue weighted by Gasteiger charge is 2.46. The summed E-state index contributed by atoms with van der Waals surface area (Å²) in [7, 11) is 0. The lowest BCUT2D eigenvalue weighted by molar-refractivity contribution is 0.332. The number of hydrogen-bond donors (Lipinski definition) is 0. The average Bonchev–Trinajstić information content (AvgIpc) is 3.63. The lowest BCUT2D eigenvalue weighted by Gasteiger charge is -2.45. The largest absolute Gasteiger partial charge is 0.311 e. The molecule has 11 rings (SSSR count). The third-order valence-electron chi connectivity index (χ3n) is 13.5. The van der Waals surface area contributed by atoms with Gasteiger partial charge in [-0.15, -0.1) is 11.3 Å². The molecule has 8 aromatic rings. The molecule has 1 aliphatic carbocycles. The number of nitrogens with zero attached hydrogens (tertiary/aromatic N) is 3. The van der Waals surface area contributed by atoms with Crippen molar-refractivity contribution in [3.05, 3.63) is 180 Å². The molecule has 0 amide bonds. The molecule has 3 aliphatic rings. The van der Waals surface area contributed by atoms with Crippen LogP contribution in [0.4, 0.5) is 51.2 Å². The van der Waals surface area contributed by atoms with E-state index < -0.39 is 0 Å². The highest BCUT2D eigenvalue weighted by atomic mass is 32.1. The van der Waals surface area contributed by atoms with Gasteiger partial charge in [0.15, 0.2) is 0 Å². The van der Waals surface area contributed by atoms with Crippen molar-refractivity contribution in [1.82, 2.24) is 0 Å². The number of para-hydroxylation sites is 3. The van der Waals surface area contributed by atoms with Gasteiger partial charge in [0.05, 0.1) is 11.4 Å². The minimum Gasteiger partial charge on any atom is -0.311 e. The molecule has 0 spiro atoms. The van der Waals surface area contributed by atoms with Crippen LogP contribution in [0.5, 0.6) is 0 Å². The molecule has 0 unspecified atom stereocenters. The molecule has 0 radical (unpaired) electrons. The SMILES string of the molecule is Cc1cccc(C)c1N(c1ccccc1)c1ccc2c(c1)N(c1ccccc1)c1cccc3c1B2c1sc2ccccc2c1N3c1ccc2c(c1)C(C)(C)CCC2(C)C. The van der Waals surface area contributed by atoms with E-state index in [1.807, 2.05) is 11.3 Å². The second-order valence-corrected chi connectivity index (χ2v) is 19.2. The summed E-state index contributed by atoms with van der Waals surface area (Å²) in [5.74, 6) is 0. The summed E-state index contributed by atoms with van der Waals surface area (Å²) in [6.45, 7) is 14.2. The van der Waals surface area contributed by atoms with Gasteiger partial charge in [-0.2, -0.15) is 0 Å². The predicted octanol–water partition coefficient (Wildman–Crippen LogP) is 13.4. The van der Waals surface area contributed by atoms with E-state index in [0.717, 1.165) is 17.1 Å². The van der Waals surface area contributed by atoms with Crippen LogP contribution < -0.4 is 30.4 Å². The quantitative estimate of drug-likeness (QED) is 0.161. The zero-order chi connectivity index (χ0) is 40.2. The fourth-order valence-electron chi connectivity index (χ4n) is 10.5. The van der Waals surface area contributed by atoms with Crippen LogP contribution in [-0.4, -0.2) is 6.71 Å². The van der Waals surface area contributed by atoms with Crippen molar-refractivity contribution >= 4 is 95.0 Å². The van der Waals surface area contributed by atoms with Gasteiger partial charge in [-0.1, -0.05) is 119 Å². The number of thiophene rings is 1. The average molecular weight is 782 g/mol. The van der Waals surface area contributed by atoms with Crippen molar-refractivity contribution in [3.8, 4) is 0 Å². The molecule has 288 valence electrons. The molecular formula is C54H48BN3S. The Labute approximate surface area is 353 Å². The second kappa shape index (κ2) is 13.2. The van der Waals surface area contributed by atoms with Crippen LogP contribution in [0, 0.1) is 13.8 Å². The van der Waals surface area contributed by atoms with E-state index in [9.17, 15) is 0 Å². The topological polar surface area (TPSA) is 9.72 Å². The number of anilines is 9. The molecule has 0 N–H and O–H groups in total. The van der Waals surface area contributed by atoms with Crippen LogP contribution in [0.1, 0.15) is 62.8 Å². The molecule has 0 saturated heterocycles. The van der Waals surface area contributed by atoms with E-state index in [-0.39, 0.29) is 17.5 Å². The monoisotopic (exact) mass is 781 g/mol. The molecule has 0 saturated carbocycles. The standard InChI is InChI=1S/C54H48BN3S/c1-35-17-15-18-36(2)50(35)56(37-19-9-7-10-20-37)40-28-30-44-47(34-40)57(38-21-11-8-12-22-38)45-24-16-25-46-49(45)55(44)52-51(41-23-13-14-26-48(41)59-52)58(46)39-27-29-42-43(33-39)54(5,6)32-31-53(42,3)4/h7-30,33-34H,31-32H2,1-6H3. The zero-order valence-corrected chi connectivity index (χ0v) is 35.6. The first kappa shape index (κ1) is 36.1. The molecule has 59 heavy (non-hydrogen) atoms.